The predicted molar refractivity (Wildman–Crippen MR) is 92.6 cm³/mol. The number of aliphatic hydroxyl groups excluding tert-OH is 1. The van der Waals surface area contributed by atoms with Crippen LogP contribution in [0.2, 0.25) is 0 Å². The number of aliphatic hydroxyl groups is 1. The van der Waals surface area contributed by atoms with Crippen LogP contribution in [0.1, 0.15) is 47.5 Å². The molecular weight excluding hydrogens is 377 g/mol. The maximum Gasteiger partial charge on any atom is 0.336 e. The summed E-state index contributed by atoms with van der Waals surface area (Å²) in [6.45, 7) is 3.71. The van der Waals surface area contributed by atoms with Crippen molar-refractivity contribution in [2.24, 2.45) is 5.41 Å². The molecule has 4 nitrogen and oxygen atoms in total. The minimum Gasteiger partial charge on any atom is -0.478 e. The standard InChI is InChI=1S/C18H17BrFNO3/c1-18(2)15(9-4-3-5-10(19)6-9)21-13-8-11(20)7-12(17(23)24)14(13)16(18)22/h3-8,15-16,21-22H,1-2H3,(H,23,24). The number of anilines is 1. The van der Waals surface area contributed by atoms with E-state index in [1.54, 1.807) is 0 Å². The van der Waals surface area contributed by atoms with E-state index in [0.29, 0.717) is 5.69 Å². The van der Waals surface area contributed by atoms with Gasteiger partial charge in [0.1, 0.15) is 5.82 Å². The lowest BCUT2D eigenvalue weighted by Crippen LogP contribution is -2.39. The lowest BCUT2D eigenvalue weighted by atomic mass is 9.70. The minimum atomic E-state index is -1.26. The van der Waals surface area contributed by atoms with Gasteiger partial charge in [0, 0.05) is 21.1 Å². The van der Waals surface area contributed by atoms with Crippen LogP contribution in [0.15, 0.2) is 40.9 Å². The molecule has 0 amide bonds. The summed E-state index contributed by atoms with van der Waals surface area (Å²) in [4.78, 5) is 11.5. The largest absolute Gasteiger partial charge is 0.478 e. The lowest BCUT2D eigenvalue weighted by molar-refractivity contribution is 0.0271. The van der Waals surface area contributed by atoms with Crippen LogP contribution in [-0.2, 0) is 0 Å². The van der Waals surface area contributed by atoms with Gasteiger partial charge < -0.3 is 15.5 Å². The number of carbonyl (C=O) groups is 1. The average Bonchev–Trinajstić information content (AvgIpc) is 2.50. The van der Waals surface area contributed by atoms with Crippen LogP contribution in [0.4, 0.5) is 10.1 Å². The van der Waals surface area contributed by atoms with E-state index in [0.717, 1.165) is 16.1 Å². The highest BCUT2D eigenvalue weighted by molar-refractivity contribution is 9.10. The second-order valence-corrected chi connectivity index (χ2v) is 7.49. The van der Waals surface area contributed by atoms with Crippen molar-refractivity contribution in [2.75, 3.05) is 5.32 Å². The Hall–Kier alpha value is -1.92. The number of rotatable bonds is 2. The van der Waals surface area contributed by atoms with E-state index in [-0.39, 0.29) is 17.2 Å². The molecule has 2 aromatic carbocycles. The van der Waals surface area contributed by atoms with Gasteiger partial charge >= 0.3 is 5.97 Å². The third-order valence-corrected chi connectivity index (χ3v) is 5.07. The lowest BCUT2D eigenvalue weighted by Gasteiger charge is -2.45. The number of nitrogens with one attached hydrogen (secondary N) is 1. The first-order valence-electron chi connectivity index (χ1n) is 7.48. The number of aromatic carboxylic acids is 1. The van der Waals surface area contributed by atoms with Gasteiger partial charge in [-0.2, -0.15) is 0 Å². The van der Waals surface area contributed by atoms with E-state index in [4.69, 9.17) is 0 Å². The SMILES string of the molecule is CC1(C)C(O)c2c(cc(F)cc2C(=O)O)NC1c1cccc(Br)c1. The molecule has 2 atom stereocenters. The molecule has 3 N–H and O–H groups in total. The molecule has 1 heterocycles. The van der Waals surface area contributed by atoms with E-state index < -0.39 is 23.3 Å². The number of hydrogen-bond acceptors (Lipinski definition) is 3. The molecule has 2 aromatic rings. The second kappa shape index (κ2) is 5.86. The van der Waals surface area contributed by atoms with Crippen LogP contribution in [-0.4, -0.2) is 16.2 Å². The smallest absolute Gasteiger partial charge is 0.336 e. The van der Waals surface area contributed by atoms with E-state index in [1.165, 1.54) is 6.07 Å². The summed E-state index contributed by atoms with van der Waals surface area (Å²) in [5.41, 5.74) is 0.533. The Bertz CT molecular complexity index is 822. The number of benzene rings is 2. The van der Waals surface area contributed by atoms with Crippen molar-refractivity contribution < 1.29 is 19.4 Å². The molecule has 3 rings (SSSR count). The Balaban J connectivity index is 2.18. The van der Waals surface area contributed by atoms with E-state index >= 15 is 0 Å². The maximum absolute atomic E-state index is 13.8. The molecule has 0 aliphatic carbocycles. The van der Waals surface area contributed by atoms with Crippen molar-refractivity contribution in [3.63, 3.8) is 0 Å². The van der Waals surface area contributed by atoms with Gasteiger partial charge in [-0.25, -0.2) is 9.18 Å². The average molecular weight is 394 g/mol. The molecule has 0 fully saturated rings. The van der Waals surface area contributed by atoms with Gasteiger partial charge in [-0.15, -0.1) is 0 Å². The van der Waals surface area contributed by atoms with Crippen LogP contribution >= 0.6 is 15.9 Å². The Kier molecular flexibility index (Phi) is 4.13. The number of carboxylic acid groups (broad SMARTS) is 1. The molecule has 1 aliphatic rings. The van der Waals surface area contributed by atoms with Gasteiger partial charge in [0.05, 0.1) is 17.7 Å². The van der Waals surface area contributed by atoms with E-state index in [9.17, 15) is 19.4 Å². The molecule has 0 saturated carbocycles. The molecule has 6 heteroatoms. The van der Waals surface area contributed by atoms with Crippen molar-refractivity contribution in [3.8, 4) is 0 Å². The molecule has 0 saturated heterocycles. The minimum absolute atomic E-state index is 0.217. The first-order valence-corrected chi connectivity index (χ1v) is 8.28. The molecule has 24 heavy (non-hydrogen) atoms. The van der Waals surface area contributed by atoms with E-state index in [1.807, 2.05) is 38.1 Å². The highest BCUT2D eigenvalue weighted by Gasteiger charge is 2.45. The highest BCUT2D eigenvalue weighted by atomic mass is 79.9. The summed E-state index contributed by atoms with van der Waals surface area (Å²) < 4.78 is 14.7. The van der Waals surface area contributed by atoms with Gasteiger partial charge in [-0.05, 0) is 29.8 Å². The van der Waals surface area contributed by atoms with Gasteiger partial charge in [0.15, 0.2) is 0 Å². The summed E-state index contributed by atoms with van der Waals surface area (Å²) >= 11 is 3.43. The summed E-state index contributed by atoms with van der Waals surface area (Å²) in [5.74, 6) is -1.91. The molecular formula is C18H17BrFNO3. The fourth-order valence-electron chi connectivity index (χ4n) is 3.28. The zero-order valence-corrected chi connectivity index (χ0v) is 14.8. The maximum atomic E-state index is 13.8. The van der Waals surface area contributed by atoms with Gasteiger partial charge in [0.25, 0.3) is 0 Å². The number of carboxylic acids is 1. The van der Waals surface area contributed by atoms with E-state index in [2.05, 4.69) is 21.2 Å². The fraction of sp³-hybridized carbons (Fsp3) is 0.278. The van der Waals surface area contributed by atoms with Crippen molar-refractivity contribution in [1.82, 2.24) is 0 Å². The van der Waals surface area contributed by atoms with Crippen molar-refractivity contribution in [1.29, 1.82) is 0 Å². The molecule has 0 radical (unpaired) electrons. The van der Waals surface area contributed by atoms with Crippen molar-refractivity contribution in [3.05, 3.63) is 63.4 Å². The molecule has 0 aromatic heterocycles. The summed E-state index contributed by atoms with van der Waals surface area (Å²) in [5, 5.41) is 23.4. The number of hydrogen-bond donors (Lipinski definition) is 3. The second-order valence-electron chi connectivity index (χ2n) is 6.58. The Morgan fingerprint density at radius 1 is 1.29 bits per heavy atom. The number of fused-ring (bicyclic) bond motifs is 1. The quantitative estimate of drug-likeness (QED) is 0.701. The van der Waals surface area contributed by atoms with Crippen molar-refractivity contribution >= 4 is 27.6 Å². The Morgan fingerprint density at radius 2 is 2.00 bits per heavy atom. The van der Waals surface area contributed by atoms with Crippen LogP contribution in [0.5, 0.6) is 0 Å². The Labute approximate surface area is 147 Å². The number of halogens is 2. The van der Waals surface area contributed by atoms with Crippen LogP contribution in [0.25, 0.3) is 0 Å². The fourth-order valence-corrected chi connectivity index (χ4v) is 3.70. The topological polar surface area (TPSA) is 69.6 Å². The normalized spacial score (nSPS) is 21.7. The summed E-state index contributed by atoms with van der Waals surface area (Å²) in [7, 11) is 0. The first kappa shape index (κ1) is 16.9. The monoisotopic (exact) mass is 393 g/mol. The zero-order valence-electron chi connectivity index (χ0n) is 13.2. The zero-order chi connectivity index (χ0) is 17.6. The van der Waals surface area contributed by atoms with Crippen molar-refractivity contribution in [2.45, 2.75) is 26.0 Å². The Morgan fingerprint density at radius 3 is 2.62 bits per heavy atom. The highest BCUT2D eigenvalue weighted by Crippen LogP contribution is 2.52. The summed E-state index contributed by atoms with van der Waals surface area (Å²) in [6.07, 6.45) is -1.05. The predicted octanol–water partition coefficient (Wildman–Crippen LogP) is 4.51. The van der Waals surface area contributed by atoms with Crippen LogP contribution in [0.3, 0.4) is 0 Å². The van der Waals surface area contributed by atoms with Gasteiger partial charge in [-0.3, -0.25) is 0 Å². The summed E-state index contributed by atoms with van der Waals surface area (Å²) in [6, 6.07) is 9.49. The molecule has 0 bridgehead atoms. The molecule has 1 aliphatic heterocycles. The first-order chi connectivity index (χ1) is 11.2. The van der Waals surface area contributed by atoms with Gasteiger partial charge in [0.2, 0.25) is 0 Å². The molecule has 2 unspecified atom stereocenters. The molecule has 126 valence electrons. The molecule has 0 spiro atoms. The third kappa shape index (κ3) is 2.70. The van der Waals surface area contributed by atoms with Crippen LogP contribution < -0.4 is 5.32 Å². The third-order valence-electron chi connectivity index (χ3n) is 4.58. The van der Waals surface area contributed by atoms with Gasteiger partial charge in [-0.1, -0.05) is 41.9 Å². The van der Waals surface area contributed by atoms with Crippen LogP contribution in [0, 0.1) is 11.2 Å².